The number of hydrogen-bond acceptors (Lipinski definition) is 3. The monoisotopic (exact) mass is 234 g/mol. The Bertz CT molecular complexity index is 422. The van der Waals surface area contributed by atoms with E-state index in [2.05, 4.69) is 5.32 Å². The molecule has 0 bridgehead atoms. The van der Waals surface area contributed by atoms with Crippen molar-refractivity contribution in [3.05, 3.63) is 34.4 Å². The van der Waals surface area contributed by atoms with Crippen LogP contribution in [0.4, 0.5) is 11.4 Å². The molecule has 0 unspecified atom stereocenters. The second-order valence-electron chi connectivity index (χ2n) is 4.27. The maximum atomic E-state index is 11.8. The van der Waals surface area contributed by atoms with Crippen molar-refractivity contribution >= 4 is 17.3 Å². The highest BCUT2D eigenvalue weighted by Gasteiger charge is 2.22. The van der Waals surface area contributed by atoms with Gasteiger partial charge in [0.1, 0.15) is 0 Å². The summed E-state index contributed by atoms with van der Waals surface area (Å²) in [7, 11) is 0. The first kappa shape index (κ1) is 11.6. The van der Waals surface area contributed by atoms with Gasteiger partial charge in [-0.1, -0.05) is 12.8 Å². The fourth-order valence-corrected chi connectivity index (χ4v) is 2.10. The zero-order valence-electron chi connectivity index (χ0n) is 9.39. The van der Waals surface area contributed by atoms with Gasteiger partial charge in [-0.2, -0.15) is 0 Å². The van der Waals surface area contributed by atoms with Crippen LogP contribution in [0.15, 0.2) is 24.3 Å². The van der Waals surface area contributed by atoms with Gasteiger partial charge in [0.05, 0.1) is 4.92 Å². The molecule has 5 nitrogen and oxygen atoms in total. The summed E-state index contributed by atoms with van der Waals surface area (Å²) in [5, 5.41) is 13.3. The van der Waals surface area contributed by atoms with Crippen LogP contribution >= 0.6 is 0 Å². The molecule has 5 heteroatoms. The first-order chi connectivity index (χ1) is 8.16. The van der Waals surface area contributed by atoms with Crippen LogP contribution in [0.3, 0.4) is 0 Å². The molecule has 0 saturated heterocycles. The van der Waals surface area contributed by atoms with Gasteiger partial charge in [-0.15, -0.1) is 0 Å². The van der Waals surface area contributed by atoms with Gasteiger partial charge >= 0.3 is 0 Å². The summed E-state index contributed by atoms with van der Waals surface area (Å²) in [6, 6.07) is 5.91. The van der Waals surface area contributed by atoms with Crippen LogP contribution in [0, 0.1) is 16.0 Å². The zero-order chi connectivity index (χ0) is 12.3. The smallest absolute Gasteiger partial charge is 0.269 e. The van der Waals surface area contributed by atoms with Crippen LogP contribution in [-0.4, -0.2) is 10.8 Å². The number of nitrogens with zero attached hydrogens (tertiary/aromatic N) is 1. The molecule has 1 aromatic carbocycles. The lowest BCUT2D eigenvalue weighted by molar-refractivity contribution is -0.384. The number of rotatable bonds is 3. The first-order valence-electron chi connectivity index (χ1n) is 5.72. The highest BCUT2D eigenvalue weighted by Crippen LogP contribution is 2.26. The third kappa shape index (κ3) is 2.81. The van der Waals surface area contributed by atoms with E-state index >= 15 is 0 Å². The fourth-order valence-electron chi connectivity index (χ4n) is 2.10. The summed E-state index contributed by atoms with van der Waals surface area (Å²) in [6.07, 6.45) is 4.11. The van der Waals surface area contributed by atoms with Crippen LogP contribution in [0.25, 0.3) is 0 Å². The summed E-state index contributed by atoms with van der Waals surface area (Å²) < 4.78 is 0. The van der Waals surface area contributed by atoms with Gasteiger partial charge in [-0.05, 0) is 25.0 Å². The SMILES string of the molecule is O=C(Nc1ccc([N+](=O)[O-])cc1)C1CCCC1. The summed E-state index contributed by atoms with van der Waals surface area (Å²) in [5.41, 5.74) is 0.649. The van der Waals surface area contributed by atoms with Gasteiger partial charge in [0, 0.05) is 23.7 Å². The molecule has 2 rings (SSSR count). The molecule has 17 heavy (non-hydrogen) atoms. The number of hydrogen-bond donors (Lipinski definition) is 1. The van der Waals surface area contributed by atoms with Crippen LogP contribution in [0.5, 0.6) is 0 Å². The minimum atomic E-state index is -0.456. The van der Waals surface area contributed by atoms with Gasteiger partial charge < -0.3 is 5.32 Å². The molecule has 1 aromatic rings. The van der Waals surface area contributed by atoms with E-state index in [0.29, 0.717) is 5.69 Å². The molecule has 90 valence electrons. The van der Waals surface area contributed by atoms with E-state index in [1.165, 1.54) is 12.1 Å². The molecule has 0 radical (unpaired) electrons. The van der Waals surface area contributed by atoms with E-state index in [0.717, 1.165) is 25.7 Å². The Kier molecular flexibility index (Phi) is 3.37. The Morgan fingerprint density at radius 2 is 1.82 bits per heavy atom. The van der Waals surface area contributed by atoms with E-state index in [1.54, 1.807) is 12.1 Å². The quantitative estimate of drug-likeness (QED) is 0.645. The summed E-state index contributed by atoms with van der Waals surface area (Å²) >= 11 is 0. The molecule has 1 aliphatic rings. The first-order valence-corrected chi connectivity index (χ1v) is 5.72. The van der Waals surface area contributed by atoms with Crippen molar-refractivity contribution in [2.45, 2.75) is 25.7 Å². The molecule has 0 aliphatic heterocycles. The Hall–Kier alpha value is -1.91. The molecule has 0 spiro atoms. The number of benzene rings is 1. The third-order valence-corrected chi connectivity index (χ3v) is 3.07. The van der Waals surface area contributed by atoms with E-state index in [9.17, 15) is 14.9 Å². The molecule has 1 fully saturated rings. The number of nitrogens with one attached hydrogen (secondary N) is 1. The fraction of sp³-hybridized carbons (Fsp3) is 0.417. The Labute approximate surface area is 99.0 Å². The lowest BCUT2D eigenvalue weighted by Gasteiger charge is -2.09. The molecular weight excluding hydrogens is 220 g/mol. The Balaban J connectivity index is 1.98. The third-order valence-electron chi connectivity index (χ3n) is 3.07. The topological polar surface area (TPSA) is 72.2 Å². The van der Waals surface area contributed by atoms with Gasteiger partial charge in [0.25, 0.3) is 5.69 Å². The normalized spacial score (nSPS) is 15.8. The lowest BCUT2D eigenvalue weighted by Crippen LogP contribution is -2.20. The average Bonchev–Trinajstić information content (AvgIpc) is 2.83. The van der Waals surface area contributed by atoms with Crippen molar-refractivity contribution in [2.75, 3.05) is 5.32 Å². The van der Waals surface area contributed by atoms with E-state index in [4.69, 9.17) is 0 Å². The van der Waals surface area contributed by atoms with Gasteiger partial charge in [-0.25, -0.2) is 0 Å². The van der Waals surface area contributed by atoms with Gasteiger partial charge in [0.15, 0.2) is 0 Å². The predicted molar refractivity (Wildman–Crippen MR) is 63.7 cm³/mol. The van der Waals surface area contributed by atoms with E-state index in [-0.39, 0.29) is 17.5 Å². The number of non-ortho nitro benzene ring substituents is 1. The molecule has 0 atom stereocenters. The number of carbonyl (C=O) groups excluding carboxylic acids is 1. The van der Waals surface area contributed by atoms with Crippen molar-refractivity contribution in [1.82, 2.24) is 0 Å². The van der Waals surface area contributed by atoms with Gasteiger partial charge in [-0.3, -0.25) is 14.9 Å². The van der Waals surface area contributed by atoms with Crippen LogP contribution < -0.4 is 5.32 Å². The minimum Gasteiger partial charge on any atom is -0.326 e. The largest absolute Gasteiger partial charge is 0.326 e. The van der Waals surface area contributed by atoms with Crippen molar-refractivity contribution in [1.29, 1.82) is 0 Å². The van der Waals surface area contributed by atoms with Crippen molar-refractivity contribution in [2.24, 2.45) is 5.92 Å². The summed E-state index contributed by atoms with van der Waals surface area (Å²) in [4.78, 5) is 21.8. The minimum absolute atomic E-state index is 0.0244. The van der Waals surface area contributed by atoms with Crippen LogP contribution in [0.1, 0.15) is 25.7 Å². The number of nitro groups is 1. The molecular formula is C12H14N2O3. The molecule has 1 N–H and O–H groups in total. The maximum Gasteiger partial charge on any atom is 0.269 e. The summed E-state index contributed by atoms with van der Waals surface area (Å²) in [6.45, 7) is 0. The molecule has 0 aromatic heterocycles. The highest BCUT2D eigenvalue weighted by molar-refractivity contribution is 5.92. The number of anilines is 1. The number of amides is 1. The van der Waals surface area contributed by atoms with Crippen LogP contribution in [0.2, 0.25) is 0 Å². The van der Waals surface area contributed by atoms with Crippen molar-refractivity contribution in [3.63, 3.8) is 0 Å². The second-order valence-corrected chi connectivity index (χ2v) is 4.27. The lowest BCUT2D eigenvalue weighted by atomic mass is 10.1. The number of carbonyl (C=O) groups is 1. The Morgan fingerprint density at radius 1 is 1.24 bits per heavy atom. The standard InChI is InChI=1S/C12H14N2O3/c15-12(9-3-1-2-4-9)13-10-5-7-11(8-6-10)14(16)17/h5-9H,1-4H2,(H,13,15). The molecule has 1 amide bonds. The molecule has 1 aliphatic carbocycles. The van der Waals surface area contributed by atoms with Gasteiger partial charge in [0.2, 0.25) is 5.91 Å². The zero-order valence-corrected chi connectivity index (χ0v) is 9.39. The summed E-state index contributed by atoms with van der Waals surface area (Å²) in [5.74, 6) is 0.126. The van der Waals surface area contributed by atoms with Crippen molar-refractivity contribution in [3.8, 4) is 0 Å². The highest BCUT2D eigenvalue weighted by atomic mass is 16.6. The second kappa shape index (κ2) is 4.95. The average molecular weight is 234 g/mol. The predicted octanol–water partition coefficient (Wildman–Crippen LogP) is 2.72. The van der Waals surface area contributed by atoms with E-state index < -0.39 is 4.92 Å². The molecule has 1 saturated carbocycles. The number of nitro benzene ring substituents is 1. The maximum absolute atomic E-state index is 11.8. The Morgan fingerprint density at radius 3 is 2.35 bits per heavy atom. The van der Waals surface area contributed by atoms with Crippen molar-refractivity contribution < 1.29 is 9.72 Å². The van der Waals surface area contributed by atoms with E-state index in [1.807, 2.05) is 0 Å². The molecule has 0 heterocycles. The van der Waals surface area contributed by atoms with Crippen LogP contribution in [-0.2, 0) is 4.79 Å².